The van der Waals surface area contributed by atoms with Gasteiger partial charge in [0.15, 0.2) is 0 Å². The Kier molecular flexibility index (Phi) is 5.62. The van der Waals surface area contributed by atoms with Crippen molar-refractivity contribution < 1.29 is 19.1 Å². The summed E-state index contributed by atoms with van der Waals surface area (Å²) in [7, 11) is 0. The highest BCUT2D eigenvalue weighted by Crippen LogP contribution is 2.66. The molecule has 1 aromatic rings. The Morgan fingerprint density at radius 3 is 2.31 bits per heavy atom. The average molecular weight is 439 g/mol. The van der Waals surface area contributed by atoms with E-state index in [0.29, 0.717) is 22.8 Å². The highest BCUT2D eigenvalue weighted by atomic mass is 16.5. The van der Waals surface area contributed by atoms with Gasteiger partial charge in [0.05, 0.1) is 5.56 Å². The maximum atomic E-state index is 12.8. The normalized spacial score (nSPS) is 42.8. The number of ether oxygens (including phenoxy) is 2. The van der Waals surface area contributed by atoms with Crippen LogP contribution in [0.1, 0.15) is 88.9 Å². The lowest BCUT2D eigenvalue weighted by Gasteiger charge is -2.60. The van der Waals surface area contributed by atoms with Gasteiger partial charge in [0.25, 0.3) is 0 Å². The third-order valence-electron chi connectivity index (χ3n) is 10.1. The van der Waals surface area contributed by atoms with E-state index >= 15 is 0 Å². The van der Waals surface area contributed by atoms with Crippen LogP contribution >= 0.6 is 0 Å². The van der Waals surface area contributed by atoms with E-state index in [1.165, 1.54) is 39.0 Å². The highest BCUT2D eigenvalue weighted by molar-refractivity contribution is 5.89. The molecule has 0 saturated heterocycles. The molecule has 174 valence electrons. The van der Waals surface area contributed by atoms with Gasteiger partial charge in [0.2, 0.25) is 0 Å². The predicted molar refractivity (Wildman–Crippen MR) is 123 cm³/mol. The van der Waals surface area contributed by atoms with Crippen molar-refractivity contribution in [2.45, 2.75) is 90.8 Å². The van der Waals surface area contributed by atoms with Crippen LogP contribution in [0.4, 0.5) is 0 Å². The van der Waals surface area contributed by atoms with Gasteiger partial charge in [0.1, 0.15) is 12.2 Å². The van der Waals surface area contributed by atoms with Gasteiger partial charge in [-0.25, -0.2) is 4.79 Å². The molecule has 0 aliphatic heterocycles. The second kappa shape index (κ2) is 8.18. The molecule has 0 unspecified atom stereocenters. The Morgan fingerprint density at radius 2 is 1.56 bits per heavy atom. The van der Waals surface area contributed by atoms with Gasteiger partial charge < -0.3 is 9.47 Å². The van der Waals surface area contributed by atoms with Crippen LogP contribution in [0.5, 0.6) is 0 Å². The third-order valence-corrected chi connectivity index (χ3v) is 10.1. The molecule has 0 spiro atoms. The molecule has 4 heteroatoms. The molecular weight excluding hydrogens is 400 g/mol. The summed E-state index contributed by atoms with van der Waals surface area (Å²) in [6.45, 7) is 6.46. The first kappa shape index (κ1) is 22.0. The van der Waals surface area contributed by atoms with E-state index in [0.717, 1.165) is 37.5 Å². The van der Waals surface area contributed by atoms with Crippen molar-refractivity contribution in [2.24, 2.45) is 34.5 Å². The second-order valence-electron chi connectivity index (χ2n) is 11.5. The van der Waals surface area contributed by atoms with Gasteiger partial charge in [-0.05, 0) is 99.0 Å². The molecule has 5 rings (SSSR count). The summed E-state index contributed by atoms with van der Waals surface area (Å²) < 4.78 is 11.8. The minimum Gasteiger partial charge on any atom is -0.463 e. The van der Waals surface area contributed by atoms with E-state index in [9.17, 15) is 9.59 Å². The van der Waals surface area contributed by atoms with E-state index < -0.39 is 0 Å². The number of carbonyl (C=O) groups excluding carboxylic acids is 2. The molecule has 4 nitrogen and oxygen atoms in total. The van der Waals surface area contributed by atoms with Gasteiger partial charge >= 0.3 is 11.9 Å². The Bertz CT molecular complexity index is 865. The summed E-state index contributed by atoms with van der Waals surface area (Å²) in [5, 5.41) is 0. The molecule has 4 aliphatic rings. The van der Waals surface area contributed by atoms with E-state index in [-0.39, 0.29) is 29.6 Å². The van der Waals surface area contributed by atoms with Gasteiger partial charge in [-0.1, -0.05) is 32.0 Å². The van der Waals surface area contributed by atoms with Crippen LogP contribution < -0.4 is 0 Å². The lowest BCUT2D eigenvalue weighted by Crippen LogP contribution is -2.54. The minimum absolute atomic E-state index is 0.0337. The Balaban J connectivity index is 1.30. The van der Waals surface area contributed by atoms with Crippen LogP contribution in [-0.2, 0) is 14.3 Å². The standard InChI is InChI=1S/C28H38O4/c1-18(29)31-21-13-15-27(2)20(17-21)9-10-22-23-11-12-25(28(23,3)16-14-24(22)27)32-26(30)19-7-5-4-6-8-19/h4-8,20-25H,9-17H2,1-3H3/t20-,21+,22+,23-,24-,25-,27+,28+/m0/s1. The number of benzene rings is 1. The van der Waals surface area contributed by atoms with Gasteiger partial charge in [-0.3, -0.25) is 4.79 Å². The first-order valence-electron chi connectivity index (χ1n) is 12.7. The van der Waals surface area contributed by atoms with Crippen LogP contribution in [-0.4, -0.2) is 24.1 Å². The number of hydrogen-bond donors (Lipinski definition) is 0. The fourth-order valence-electron chi connectivity index (χ4n) is 8.48. The number of esters is 2. The van der Waals surface area contributed by atoms with Crippen LogP contribution in [0.2, 0.25) is 0 Å². The molecule has 4 saturated carbocycles. The van der Waals surface area contributed by atoms with E-state index in [1.54, 1.807) is 0 Å². The topological polar surface area (TPSA) is 52.6 Å². The average Bonchev–Trinajstić information content (AvgIpc) is 3.10. The highest BCUT2D eigenvalue weighted by Gasteiger charge is 2.61. The summed E-state index contributed by atoms with van der Waals surface area (Å²) >= 11 is 0. The van der Waals surface area contributed by atoms with Crippen molar-refractivity contribution in [1.82, 2.24) is 0 Å². The van der Waals surface area contributed by atoms with Crippen molar-refractivity contribution in [3.05, 3.63) is 35.9 Å². The Hall–Kier alpha value is -1.84. The Morgan fingerprint density at radius 1 is 0.844 bits per heavy atom. The maximum absolute atomic E-state index is 12.8. The molecule has 0 bridgehead atoms. The van der Waals surface area contributed by atoms with Crippen LogP contribution in [0.3, 0.4) is 0 Å². The molecule has 4 aliphatic carbocycles. The number of carbonyl (C=O) groups is 2. The summed E-state index contributed by atoms with van der Waals surface area (Å²) in [4.78, 5) is 24.3. The molecule has 0 N–H and O–H groups in total. The van der Waals surface area contributed by atoms with Gasteiger partial charge in [-0.2, -0.15) is 0 Å². The molecule has 0 heterocycles. The van der Waals surface area contributed by atoms with E-state index in [2.05, 4.69) is 13.8 Å². The summed E-state index contributed by atoms with van der Waals surface area (Å²) in [6, 6.07) is 9.43. The summed E-state index contributed by atoms with van der Waals surface area (Å²) in [5.41, 5.74) is 1.12. The molecule has 8 atom stereocenters. The predicted octanol–water partition coefficient (Wildman–Crippen LogP) is 6.19. The van der Waals surface area contributed by atoms with Crippen LogP contribution in [0, 0.1) is 34.5 Å². The molecule has 4 fully saturated rings. The van der Waals surface area contributed by atoms with Gasteiger partial charge in [-0.15, -0.1) is 0 Å². The molecular formula is C28H38O4. The molecule has 0 aromatic heterocycles. The first-order valence-corrected chi connectivity index (χ1v) is 12.7. The largest absolute Gasteiger partial charge is 0.463 e. The van der Waals surface area contributed by atoms with Crippen molar-refractivity contribution in [2.75, 3.05) is 0 Å². The number of rotatable bonds is 3. The molecule has 0 amide bonds. The zero-order valence-corrected chi connectivity index (χ0v) is 19.8. The number of fused-ring (bicyclic) bond motifs is 5. The molecule has 1 aromatic carbocycles. The van der Waals surface area contributed by atoms with Crippen LogP contribution in [0.25, 0.3) is 0 Å². The SMILES string of the molecule is CC(=O)O[C@@H]1CC[C@]2(C)[C@@H](CC[C@@H]3[C@@H]4CC[C@H](OC(=O)c5ccccc5)[C@]4(C)CC[C@@H]32)C1. The lowest BCUT2D eigenvalue weighted by atomic mass is 9.45. The monoisotopic (exact) mass is 438 g/mol. The number of hydrogen-bond acceptors (Lipinski definition) is 4. The van der Waals surface area contributed by atoms with Crippen molar-refractivity contribution in [3.63, 3.8) is 0 Å². The quantitative estimate of drug-likeness (QED) is 0.528. The second-order valence-corrected chi connectivity index (χ2v) is 11.5. The van der Waals surface area contributed by atoms with E-state index in [1.807, 2.05) is 30.3 Å². The smallest absolute Gasteiger partial charge is 0.338 e. The minimum atomic E-state index is -0.168. The Labute approximate surface area is 192 Å². The molecule has 32 heavy (non-hydrogen) atoms. The first-order chi connectivity index (χ1) is 15.3. The zero-order valence-electron chi connectivity index (χ0n) is 19.8. The van der Waals surface area contributed by atoms with E-state index in [4.69, 9.17) is 9.47 Å². The summed E-state index contributed by atoms with van der Waals surface area (Å²) in [6.07, 6.45) is 10.5. The third kappa shape index (κ3) is 3.58. The fourth-order valence-corrected chi connectivity index (χ4v) is 8.48. The lowest BCUT2D eigenvalue weighted by molar-refractivity contribution is -0.161. The van der Waals surface area contributed by atoms with Crippen molar-refractivity contribution in [1.29, 1.82) is 0 Å². The van der Waals surface area contributed by atoms with Gasteiger partial charge in [0, 0.05) is 12.3 Å². The van der Waals surface area contributed by atoms with Crippen molar-refractivity contribution in [3.8, 4) is 0 Å². The maximum Gasteiger partial charge on any atom is 0.338 e. The summed E-state index contributed by atoms with van der Waals surface area (Å²) in [5.74, 6) is 2.50. The van der Waals surface area contributed by atoms with Crippen molar-refractivity contribution >= 4 is 11.9 Å². The zero-order chi connectivity index (χ0) is 22.5. The fraction of sp³-hybridized carbons (Fsp3) is 0.714. The van der Waals surface area contributed by atoms with Crippen LogP contribution in [0.15, 0.2) is 30.3 Å². The molecule has 0 radical (unpaired) electrons.